The summed E-state index contributed by atoms with van der Waals surface area (Å²) in [5.41, 5.74) is -0.598. The Labute approximate surface area is 103 Å². The van der Waals surface area contributed by atoms with Crippen LogP contribution >= 0.6 is 0 Å². The zero-order valence-corrected chi connectivity index (χ0v) is 10.1. The van der Waals surface area contributed by atoms with Crippen molar-refractivity contribution in [2.75, 3.05) is 19.7 Å². The molecule has 0 bridgehead atoms. The van der Waals surface area contributed by atoms with Crippen molar-refractivity contribution in [1.82, 2.24) is 20.1 Å². The van der Waals surface area contributed by atoms with E-state index in [0.29, 0.717) is 18.9 Å². The predicted octanol–water partition coefficient (Wildman–Crippen LogP) is -0.571. The van der Waals surface area contributed by atoms with Gasteiger partial charge in [0.25, 0.3) is 5.91 Å². The molecule has 8 nitrogen and oxygen atoms in total. The molecule has 1 saturated heterocycles. The number of nitrogens with zero attached hydrogens (tertiary/aromatic N) is 3. The Morgan fingerprint density at radius 1 is 1.56 bits per heavy atom. The van der Waals surface area contributed by atoms with Gasteiger partial charge < -0.3 is 14.7 Å². The lowest BCUT2D eigenvalue weighted by molar-refractivity contribution is -0.160. The number of aromatic nitrogens is 3. The quantitative estimate of drug-likeness (QED) is 0.744. The third-order valence-corrected chi connectivity index (χ3v) is 2.67. The summed E-state index contributed by atoms with van der Waals surface area (Å²) in [6, 6.07) is 0. The molecule has 1 aromatic heterocycles. The van der Waals surface area contributed by atoms with Crippen LogP contribution < -0.4 is 0 Å². The highest BCUT2D eigenvalue weighted by atomic mass is 16.5. The molecule has 2 rings (SSSR count). The van der Waals surface area contributed by atoms with Gasteiger partial charge in [-0.2, -0.15) is 0 Å². The van der Waals surface area contributed by atoms with E-state index in [0.717, 1.165) is 0 Å². The first-order valence-corrected chi connectivity index (χ1v) is 5.44. The number of H-pyrrole nitrogens is 1. The first-order chi connectivity index (χ1) is 8.39. The van der Waals surface area contributed by atoms with E-state index >= 15 is 0 Å². The zero-order chi connectivity index (χ0) is 13.3. The van der Waals surface area contributed by atoms with Crippen molar-refractivity contribution < 1.29 is 19.4 Å². The van der Waals surface area contributed by atoms with Gasteiger partial charge in [0.05, 0.1) is 13.1 Å². The molecule has 8 heteroatoms. The Morgan fingerprint density at radius 2 is 2.22 bits per heavy atom. The van der Waals surface area contributed by atoms with Gasteiger partial charge in [0.2, 0.25) is 5.82 Å². The number of amides is 1. The van der Waals surface area contributed by atoms with Gasteiger partial charge in [-0.05, 0) is 13.8 Å². The summed E-state index contributed by atoms with van der Waals surface area (Å²) < 4.78 is 5.21. The third-order valence-electron chi connectivity index (χ3n) is 2.67. The molecule has 0 spiro atoms. The Kier molecular flexibility index (Phi) is 3.04. The number of hydrogen-bond donors (Lipinski definition) is 2. The number of aryl methyl sites for hydroxylation is 1. The van der Waals surface area contributed by atoms with E-state index in [9.17, 15) is 9.59 Å². The van der Waals surface area contributed by atoms with Gasteiger partial charge in [0.15, 0.2) is 0 Å². The third kappa shape index (κ3) is 2.48. The van der Waals surface area contributed by atoms with Gasteiger partial charge in [-0.3, -0.25) is 9.89 Å². The SMILES string of the molecule is Cc1nc(C(=O)N2CC(C)(OCC(=O)O)C2)n[nH]1. The lowest BCUT2D eigenvalue weighted by Crippen LogP contribution is -2.63. The fourth-order valence-corrected chi connectivity index (χ4v) is 1.81. The number of carboxylic acid groups (broad SMARTS) is 1. The highest BCUT2D eigenvalue weighted by Gasteiger charge is 2.43. The second-order valence-electron chi connectivity index (χ2n) is 4.54. The minimum Gasteiger partial charge on any atom is -0.480 e. The highest BCUT2D eigenvalue weighted by molar-refractivity contribution is 5.91. The van der Waals surface area contributed by atoms with Gasteiger partial charge in [-0.1, -0.05) is 0 Å². The minimum absolute atomic E-state index is 0.118. The molecule has 1 amide bonds. The van der Waals surface area contributed by atoms with Gasteiger partial charge in [-0.25, -0.2) is 9.78 Å². The molecule has 0 atom stereocenters. The standard InChI is InChI=1S/C10H14N4O4/c1-6-11-8(13-12-6)9(17)14-4-10(2,5-14)18-3-7(15)16/h3-5H2,1-2H3,(H,15,16)(H,11,12,13). The van der Waals surface area contributed by atoms with Crippen molar-refractivity contribution in [1.29, 1.82) is 0 Å². The lowest BCUT2D eigenvalue weighted by atomic mass is 9.96. The smallest absolute Gasteiger partial charge is 0.329 e. The van der Waals surface area contributed by atoms with E-state index in [-0.39, 0.29) is 18.3 Å². The van der Waals surface area contributed by atoms with Crippen molar-refractivity contribution in [3.63, 3.8) is 0 Å². The van der Waals surface area contributed by atoms with Crippen molar-refractivity contribution >= 4 is 11.9 Å². The van der Waals surface area contributed by atoms with Crippen LogP contribution in [0.1, 0.15) is 23.4 Å². The molecule has 0 aliphatic carbocycles. The van der Waals surface area contributed by atoms with E-state index in [4.69, 9.17) is 9.84 Å². The molecule has 98 valence electrons. The number of hydrogen-bond acceptors (Lipinski definition) is 5. The molecule has 2 heterocycles. The number of carboxylic acids is 1. The van der Waals surface area contributed by atoms with Crippen LogP contribution in [0.3, 0.4) is 0 Å². The van der Waals surface area contributed by atoms with Crippen LogP contribution in [0.4, 0.5) is 0 Å². The Morgan fingerprint density at radius 3 is 2.72 bits per heavy atom. The van der Waals surface area contributed by atoms with Crippen molar-refractivity contribution in [3.05, 3.63) is 11.6 Å². The maximum atomic E-state index is 11.9. The average molecular weight is 254 g/mol. The minimum atomic E-state index is -1.02. The van der Waals surface area contributed by atoms with Crippen molar-refractivity contribution in [3.8, 4) is 0 Å². The predicted molar refractivity (Wildman–Crippen MR) is 59.0 cm³/mol. The summed E-state index contributed by atoms with van der Waals surface area (Å²) in [7, 11) is 0. The number of rotatable bonds is 4. The molecule has 1 fully saturated rings. The molecular formula is C10H14N4O4. The summed E-state index contributed by atoms with van der Waals surface area (Å²) in [5, 5.41) is 14.9. The van der Waals surface area contributed by atoms with E-state index in [2.05, 4.69) is 15.2 Å². The molecule has 0 radical (unpaired) electrons. The number of aromatic amines is 1. The summed E-state index contributed by atoms with van der Waals surface area (Å²) in [6.45, 7) is 3.79. The average Bonchev–Trinajstić information content (AvgIpc) is 2.68. The van der Waals surface area contributed by atoms with Gasteiger partial charge in [0, 0.05) is 0 Å². The fourth-order valence-electron chi connectivity index (χ4n) is 1.81. The Balaban J connectivity index is 1.88. The monoisotopic (exact) mass is 254 g/mol. The number of carbonyl (C=O) groups excluding carboxylic acids is 1. The van der Waals surface area contributed by atoms with Crippen LogP contribution in [0.15, 0.2) is 0 Å². The summed E-state index contributed by atoms with van der Waals surface area (Å²) >= 11 is 0. The molecule has 18 heavy (non-hydrogen) atoms. The molecule has 0 aromatic carbocycles. The maximum Gasteiger partial charge on any atom is 0.329 e. The van der Waals surface area contributed by atoms with Gasteiger partial charge in [-0.15, -0.1) is 5.10 Å². The first-order valence-electron chi connectivity index (χ1n) is 5.44. The van der Waals surface area contributed by atoms with Crippen molar-refractivity contribution in [2.45, 2.75) is 19.4 Å². The molecular weight excluding hydrogens is 240 g/mol. The normalized spacial score (nSPS) is 17.3. The Bertz CT molecular complexity index is 478. The fraction of sp³-hybridized carbons (Fsp3) is 0.600. The van der Waals surface area contributed by atoms with E-state index in [1.54, 1.807) is 13.8 Å². The molecule has 0 saturated carbocycles. The van der Waals surface area contributed by atoms with E-state index in [1.165, 1.54) is 4.90 Å². The lowest BCUT2D eigenvalue weighted by Gasteiger charge is -2.46. The highest BCUT2D eigenvalue weighted by Crippen LogP contribution is 2.25. The first kappa shape index (κ1) is 12.5. The number of carbonyl (C=O) groups is 2. The number of ether oxygens (including phenoxy) is 1. The second kappa shape index (κ2) is 4.37. The van der Waals surface area contributed by atoms with Gasteiger partial charge >= 0.3 is 5.97 Å². The molecule has 0 unspecified atom stereocenters. The van der Waals surface area contributed by atoms with Crippen LogP contribution in [0, 0.1) is 6.92 Å². The summed E-state index contributed by atoms with van der Waals surface area (Å²) in [6.07, 6.45) is 0. The topological polar surface area (TPSA) is 108 Å². The second-order valence-corrected chi connectivity index (χ2v) is 4.54. The van der Waals surface area contributed by atoms with Gasteiger partial charge in [0.1, 0.15) is 18.0 Å². The van der Waals surface area contributed by atoms with E-state index < -0.39 is 11.6 Å². The molecule has 1 aromatic rings. The molecule has 2 N–H and O–H groups in total. The zero-order valence-electron chi connectivity index (χ0n) is 10.1. The molecule has 1 aliphatic rings. The number of nitrogens with one attached hydrogen (secondary N) is 1. The number of aliphatic carboxylic acids is 1. The van der Waals surface area contributed by atoms with Crippen LogP contribution in [-0.4, -0.2) is 62.4 Å². The maximum absolute atomic E-state index is 11.9. The largest absolute Gasteiger partial charge is 0.480 e. The number of likely N-dealkylation sites (tertiary alicyclic amines) is 1. The van der Waals surface area contributed by atoms with E-state index in [1.807, 2.05) is 0 Å². The summed E-state index contributed by atoms with van der Waals surface area (Å²) in [5.74, 6) is -0.613. The molecule has 1 aliphatic heterocycles. The van der Waals surface area contributed by atoms with Crippen LogP contribution in [0.25, 0.3) is 0 Å². The van der Waals surface area contributed by atoms with Crippen LogP contribution in [0.5, 0.6) is 0 Å². The summed E-state index contributed by atoms with van der Waals surface area (Å²) in [4.78, 5) is 27.7. The van der Waals surface area contributed by atoms with Crippen LogP contribution in [-0.2, 0) is 9.53 Å². The van der Waals surface area contributed by atoms with Crippen LogP contribution in [0.2, 0.25) is 0 Å². The Hall–Kier alpha value is -1.96. The van der Waals surface area contributed by atoms with Crippen molar-refractivity contribution in [2.24, 2.45) is 0 Å².